The molecule has 2 atom stereocenters. The summed E-state index contributed by atoms with van der Waals surface area (Å²) in [7, 11) is 1.55. The van der Waals surface area contributed by atoms with Crippen LogP contribution in [0.25, 0.3) is 0 Å². The lowest BCUT2D eigenvalue weighted by Gasteiger charge is -2.30. The third-order valence-electron chi connectivity index (χ3n) is 6.30. The minimum atomic E-state index is -2.92. The van der Waals surface area contributed by atoms with E-state index < -0.39 is 9.84 Å². The Morgan fingerprint density at radius 2 is 1.80 bits per heavy atom. The minimum Gasteiger partial charge on any atom is -0.469 e. The summed E-state index contributed by atoms with van der Waals surface area (Å²) in [5.41, 5.74) is 3.20. The minimum absolute atomic E-state index is 0.0638. The fraction of sp³-hybridized carbons (Fsp3) is 0.542. The first-order valence-corrected chi connectivity index (χ1v) is 13.4. The Balaban J connectivity index is 1.88. The number of esters is 1. The number of methoxy groups -OCH3 is 3. The SMILES string of the molecule is COCC(CC(=O)OC)c1ccc(NC(C)C2CCS(=O)(=O)CC2)c(Nc2cnc(OC)nc2)c1. The second-order valence-corrected chi connectivity index (χ2v) is 11.0. The Labute approximate surface area is 206 Å². The van der Waals surface area contributed by atoms with Crippen LogP contribution in [0, 0.1) is 5.92 Å². The van der Waals surface area contributed by atoms with Gasteiger partial charge in [-0.1, -0.05) is 6.07 Å². The van der Waals surface area contributed by atoms with Crippen LogP contribution in [-0.4, -0.2) is 69.8 Å². The number of benzene rings is 1. The average Bonchev–Trinajstić information content (AvgIpc) is 2.85. The molecule has 11 heteroatoms. The van der Waals surface area contributed by atoms with Crippen LogP contribution in [0.5, 0.6) is 6.01 Å². The van der Waals surface area contributed by atoms with Crippen LogP contribution >= 0.6 is 0 Å². The second kappa shape index (κ2) is 12.2. The fourth-order valence-electron chi connectivity index (χ4n) is 4.22. The van der Waals surface area contributed by atoms with Gasteiger partial charge in [0.25, 0.3) is 0 Å². The molecule has 1 aromatic heterocycles. The molecule has 1 fully saturated rings. The van der Waals surface area contributed by atoms with E-state index in [1.165, 1.54) is 14.2 Å². The van der Waals surface area contributed by atoms with Gasteiger partial charge in [0.15, 0.2) is 0 Å². The number of carbonyl (C=O) groups excluding carboxylic acids is 1. The molecule has 0 saturated carbocycles. The van der Waals surface area contributed by atoms with Gasteiger partial charge in [-0.3, -0.25) is 4.79 Å². The normalized spacial score (nSPS) is 17.3. The summed E-state index contributed by atoms with van der Waals surface area (Å²) in [6, 6.07) is 6.22. The number of hydrogen-bond acceptors (Lipinski definition) is 10. The molecule has 2 unspecified atom stereocenters. The summed E-state index contributed by atoms with van der Waals surface area (Å²) in [4.78, 5) is 20.3. The first-order chi connectivity index (χ1) is 16.7. The van der Waals surface area contributed by atoms with Gasteiger partial charge in [-0.05, 0) is 43.4 Å². The first-order valence-electron chi connectivity index (χ1n) is 11.5. The molecule has 2 heterocycles. The van der Waals surface area contributed by atoms with Gasteiger partial charge in [0.2, 0.25) is 0 Å². The summed E-state index contributed by atoms with van der Waals surface area (Å²) in [5.74, 6) is 0.200. The van der Waals surface area contributed by atoms with Crippen molar-refractivity contribution in [3.8, 4) is 6.01 Å². The van der Waals surface area contributed by atoms with E-state index >= 15 is 0 Å². The maximum Gasteiger partial charge on any atom is 0.316 e. The van der Waals surface area contributed by atoms with Crippen molar-refractivity contribution in [3.63, 3.8) is 0 Å². The number of hydrogen-bond donors (Lipinski definition) is 2. The third kappa shape index (κ3) is 7.53. The summed E-state index contributed by atoms with van der Waals surface area (Å²) >= 11 is 0. The first kappa shape index (κ1) is 26.7. The van der Waals surface area contributed by atoms with Gasteiger partial charge in [0.05, 0.1) is 68.2 Å². The van der Waals surface area contributed by atoms with Crippen LogP contribution in [0.2, 0.25) is 0 Å². The van der Waals surface area contributed by atoms with Crippen LogP contribution in [0.1, 0.15) is 37.7 Å². The van der Waals surface area contributed by atoms with Crippen LogP contribution in [-0.2, 0) is 24.1 Å². The smallest absolute Gasteiger partial charge is 0.316 e. The molecule has 2 N–H and O–H groups in total. The zero-order chi connectivity index (χ0) is 25.4. The van der Waals surface area contributed by atoms with E-state index in [4.69, 9.17) is 14.2 Å². The molecule has 2 aromatic rings. The summed E-state index contributed by atoms with van der Waals surface area (Å²) in [5, 5.41) is 6.91. The lowest BCUT2D eigenvalue weighted by molar-refractivity contribution is -0.141. The Morgan fingerprint density at radius 3 is 2.40 bits per heavy atom. The van der Waals surface area contributed by atoms with E-state index in [2.05, 4.69) is 27.5 Å². The molecular weight excluding hydrogens is 472 g/mol. The van der Waals surface area contributed by atoms with Gasteiger partial charge in [-0.2, -0.15) is 0 Å². The summed E-state index contributed by atoms with van der Waals surface area (Å²) < 4.78 is 38.9. The van der Waals surface area contributed by atoms with E-state index in [0.29, 0.717) is 25.1 Å². The van der Waals surface area contributed by atoms with Crippen molar-refractivity contribution in [2.75, 3.05) is 50.1 Å². The number of nitrogens with zero attached hydrogens (tertiary/aromatic N) is 2. The van der Waals surface area contributed by atoms with Crippen molar-refractivity contribution in [3.05, 3.63) is 36.2 Å². The van der Waals surface area contributed by atoms with Crippen molar-refractivity contribution in [1.29, 1.82) is 0 Å². The molecule has 1 saturated heterocycles. The monoisotopic (exact) mass is 506 g/mol. The highest BCUT2D eigenvalue weighted by Gasteiger charge is 2.28. The molecule has 1 aromatic carbocycles. The Morgan fingerprint density at radius 1 is 1.11 bits per heavy atom. The lowest BCUT2D eigenvalue weighted by atomic mass is 9.93. The Hall–Kier alpha value is -2.92. The van der Waals surface area contributed by atoms with Crippen molar-refractivity contribution >= 4 is 32.9 Å². The highest BCUT2D eigenvalue weighted by molar-refractivity contribution is 7.91. The molecule has 0 aliphatic carbocycles. The maximum atomic E-state index is 12.0. The van der Waals surface area contributed by atoms with E-state index in [-0.39, 0.29) is 47.8 Å². The van der Waals surface area contributed by atoms with Gasteiger partial charge in [-0.15, -0.1) is 0 Å². The van der Waals surface area contributed by atoms with Gasteiger partial charge in [0.1, 0.15) is 9.84 Å². The van der Waals surface area contributed by atoms with E-state index in [9.17, 15) is 13.2 Å². The number of carbonyl (C=O) groups is 1. The van der Waals surface area contributed by atoms with Gasteiger partial charge in [0, 0.05) is 19.1 Å². The van der Waals surface area contributed by atoms with Crippen LogP contribution in [0.3, 0.4) is 0 Å². The van der Waals surface area contributed by atoms with Crippen molar-refractivity contribution in [2.24, 2.45) is 5.92 Å². The maximum absolute atomic E-state index is 12.0. The molecular formula is C24H34N4O6S. The van der Waals surface area contributed by atoms with Crippen LogP contribution in [0.4, 0.5) is 17.1 Å². The van der Waals surface area contributed by atoms with Gasteiger partial charge >= 0.3 is 12.0 Å². The third-order valence-corrected chi connectivity index (χ3v) is 8.02. The standard InChI is InChI=1S/C24H34N4O6S/c1-16(17-7-9-35(30,31)10-8-17)27-21-6-5-18(19(15-32-2)12-23(29)33-3)11-22(21)28-20-13-25-24(34-4)26-14-20/h5-6,11,13-14,16-17,19,27-28H,7-10,12,15H2,1-4H3. The average molecular weight is 507 g/mol. The summed E-state index contributed by atoms with van der Waals surface area (Å²) in [6.07, 6.45) is 4.71. The molecule has 1 aliphatic rings. The highest BCUT2D eigenvalue weighted by atomic mass is 32.2. The Bertz CT molecular complexity index is 1080. The molecule has 0 spiro atoms. The Kier molecular flexibility index (Phi) is 9.27. The quantitative estimate of drug-likeness (QED) is 0.439. The molecule has 192 valence electrons. The highest BCUT2D eigenvalue weighted by Crippen LogP contribution is 2.33. The zero-order valence-corrected chi connectivity index (χ0v) is 21.4. The molecule has 0 radical (unpaired) electrons. The molecule has 0 bridgehead atoms. The molecule has 1 aliphatic heterocycles. The topological polar surface area (TPSA) is 129 Å². The molecule has 0 amide bonds. The number of aromatic nitrogens is 2. The van der Waals surface area contributed by atoms with Gasteiger partial charge < -0.3 is 24.8 Å². The number of ether oxygens (including phenoxy) is 3. The van der Waals surface area contributed by atoms with E-state index in [1.54, 1.807) is 19.5 Å². The van der Waals surface area contributed by atoms with Gasteiger partial charge in [-0.25, -0.2) is 18.4 Å². The lowest BCUT2D eigenvalue weighted by Crippen LogP contribution is -2.33. The largest absolute Gasteiger partial charge is 0.469 e. The predicted molar refractivity (Wildman–Crippen MR) is 134 cm³/mol. The molecule has 10 nitrogen and oxygen atoms in total. The van der Waals surface area contributed by atoms with E-state index in [0.717, 1.165) is 16.9 Å². The van der Waals surface area contributed by atoms with Crippen molar-refractivity contribution < 1.29 is 27.4 Å². The number of rotatable bonds is 11. The fourth-order valence-corrected chi connectivity index (χ4v) is 5.74. The van der Waals surface area contributed by atoms with E-state index in [1.807, 2.05) is 18.2 Å². The van der Waals surface area contributed by atoms with Crippen LogP contribution < -0.4 is 15.4 Å². The zero-order valence-electron chi connectivity index (χ0n) is 20.6. The van der Waals surface area contributed by atoms with Crippen molar-refractivity contribution in [1.82, 2.24) is 9.97 Å². The van der Waals surface area contributed by atoms with Crippen LogP contribution in [0.15, 0.2) is 30.6 Å². The number of sulfone groups is 1. The number of anilines is 3. The second-order valence-electron chi connectivity index (χ2n) is 8.74. The predicted octanol–water partition coefficient (Wildman–Crippen LogP) is 3.15. The molecule has 35 heavy (non-hydrogen) atoms. The number of nitrogens with one attached hydrogen (secondary N) is 2. The molecule has 3 rings (SSSR count). The van der Waals surface area contributed by atoms with Crippen molar-refractivity contribution in [2.45, 2.75) is 38.1 Å². The summed E-state index contributed by atoms with van der Waals surface area (Å²) in [6.45, 7) is 2.43.